The molecule has 4 heteroatoms. The molecule has 0 aliphatic heterocycles. The van der Waals surface area contributed by atoms with Gasteiger partial charge in [0.05, 0.1) is 6.54 Å². The van der Waals surface area contributed by atoms with Gasteiger partial charge in [-0.15, -0.1) is 0 Å². The van der Waals surface area contributed by atoms with E-state index in [1.54, 1.807) is 18.3 Å². The maximum atomic E-state index is 12.5. The molecule has 2 aromatic carbocycles. The Morgan fingerprint density at radius 2 is 1.48 bits per heavy atom. The number of nitrogens with zero attached hydrogens (tertiary/aromatic N) is 1. The Kier molecular flexibility index (Phi) is 6.58. The number of amides is 1. The van der Waals surface area contributed by atoms with Crippen molar-refractivity contribution in [1.29, 1.82) is 0 Å². The van der Waals surface area contributed by atoms with Crippen LogP contribution in [-0.2, 0) is 24.2 Å². The van der Waals surface area contributed by atoms with Crippen molar-refractivity contribution in [3.8, 4) is 5.75 Å². The number of rotatable bonds is 8. The maximum Gasteiger partial charge on any atom is 0.220 e. The summed E-state index contributed by atoms with van der Waals surface area (Å²) in [7, 11) is 0. The van der Waals surface area contributed by atoms with Crippen molar-refractivity contribution in [1.82, 2.24) is 10.3 Å². The van der Waals surface area contributed by atoms with Crippen LogP contribution in [0.25, 0.3) is 0 Å². The minimum absolute atomic E-state index is 0.0306. The van der Waals surface area contributed by atoms with Crippen molar-refractivity contribution in [2.24, 2.45) is 5.92 Å². The van der Waals surface area contributed by atoms with E-state index in [1.807, 2.05) is 36.4 Å². The zero-order valence-electron chi connectivity index (χ0n) is 15.2. The average molecular weight is 360 g/mol. The van der Waals surface area contributed by atoms with E-state index in [2.05, 4.69) is 34.6 Å². The van der Waals surface area contributed by atoms with Gasteiger partial charge in [0.15, 0.2) is 0 Å². The molecule has 0 aliphatic carbocycles. The molecule has 138 valence electrons. The van der Waals surface area contributed by atoms with Crippen molar-refractivity contribution < 1.29 is 9.90 Å². The Bertz CT molecular complexity index is 809. The lowest BCUT2D eigenvalue weighted by molar-refractivity contribution is -0.122. The average Bonchev–Trinajstić information content (AvgIpc) is 2.69. The molecule has 1 aromatic heterocycles. The molecular weight excluding hydrogens is 336 g/mol. The number of hydrogen-bond donors (Lipinski definition) is 2. The van der Waals surface area contributed by atoms with E-state index < -0.39 is 0 Å². The van der Waals surface area contributed by atoms with Crippen LogP contribution in [0, 0.1) is 5.92 Å². The van der Waals surface area contributed by atoms with Crippen molar-refractivity contribution >= 4 is 5.91 Å². The zero-order valence-corrected chi connectivity index (χ0v) is 15.2. The molecule has 3 aromatic rings. The Labute approximate surface area is 159 Å². The number of aromatic hydroxyl groups is 1. The van der Waals surface area contributed by atoms with Gasteiger partial charge in [-0.05, 0) is 42.0 Å². The number of nitrogens with one attached hydrogen (secondary N) is 1. The summed E-state index contributed by atoms with van der Waals surface area (Å²) in [5.41, 5.74) is 2.94. The Balaban J connectivity index is 1.63. The van der Waals surface area contributed by atoms with E-state index in [9.17, 15) is 9.90 Å². The summed E-state index contributed by atoms with van der Waals surface area (Å²) < 4.78 is 0. The van der Waals surface area contributed by atoms with Crippen LogP contribution in [0.1, 0.15) is 23.2 Å². The minimum atomic E-state index is -0.0306. The van der Waals surface area contributed by atoms with Crippen LogP contribution in [0.3, 0.4) is 0 Å². The second-order valence-electron chi connectivity index (χ2n) is 6.70. The van der Waals surface area contributed by atoms with Crippen molar-refractivity contribution in [3.63, 3.8) is 0 Å². The fourth-order valence-electron chi connectivity index (χ4n) is 3.19. The van der Waals surface area contributed by atoms with Gasteiger partial charge in [-0.25, -0.2) is 0 Å². The summed E-state index contributed by atoms with van der Waals surface area (Å²) in [6.45, 7) is 0.231. The van der Waals surface area contributed by atoms with Gasteiger partial charge in [0.1, 0.15) is 11.4 Å². The van der Waals surface area contributed by atoms with Crippen molar-refractivity contribution in [2.45, 2.75) is 25.8 Å². The molecular formula is C23H24N2O2. The number of pyridine rings is 1. The first kappa shape index (κ1) is 18.6. The molecule has 0 fully saturated rings. The first-order chi connectivity index (χ1) is 13.2. The second kappa shape index (κ2) is 9.53. The zero-order chi connectivity index (χ0) is 18.9. The van der Waals surface area contributed by atoms with Crippen molar-refractivity contribution in [2.75, 3.05) is 0 Å². The summed E-state index contributed by atoms with van der Waals surface area (Å²) in [6, 6.07) is 23.7. The number of carbonyl (C=O) groups is 1. The number of aromatic nitrogens is 1. The number of carbonyl (C=O) groups excluding carboxylic acids is 1. The van der Waals surface area contributed by atoms with Crippen LogP contribution in [0.5, 0.6) is 5.75 Å². The molecule has 0 saturated heterocycles. The summed E-state index contributed by atoms with van der Waals surface area (Å²) in [6.07, 6.45) is 3.72. The number of benzene rings is 2. The predicted octanol–water partition coefficient (Wildman–Crippen LogP) is 3.90. The van der Waals surface area contributed by atoms with Gasteiger partial charge in [-0.1, -0.05) is 60.7 Å². The highest BCUT2D eigenvalue weighted by Gasteiger charge is 2.16. The first-order valence-electron chi connectivity index (χ1n) is 9.18. The Morgan fingerprint density at radius 1 is 0.889 bits per heavy atom. The Hall–Kier alpha value is -3.14. The molecule has 0 aliphatic rings. The van der Waals surface area contributed by atoms with Crippen LogP contribution in [0.15, 0.2) is 79.0 Å². The summed E-state index contributed by atoms with van der Waals surface area (Å²) in [4.78, 5) is 16.6. The monoisotopic (exact) mass is 360 g/mol. The van der Waals surface area contributed by atoms with Gasteiger partial charge in [0.25, 0.3) is 0 Å². The van der Waals surface area contributed by atoms with Crippen LogP contribution in [0.4, 0.5) is 0 Å². The summed E-state index contributed by atoms with van der Waals surface area (Å²) >= 11 is 0. The van der Waals surface area contributed by atoms with E-state index in [4.69, 9.17) is 0 Å². The minimum Gasteiger partial charge on any atom is -0.506 e. The lowest BCUT2D eigenvalue weighted by Gasteiger charge is -2.17. The second-order valence-corrected chi connectivity index (χ2v) is 6.70. The largest absolute Gasteiger partial charge is 0.506 e. The van der Waals surface area contributed by atoms with E-state index >= 15 is 0 Å². The molecule has 2 N–H and O–H groups in total. The third kappa shape index (κ3) is 5.96. The standard InChI is InChI=1S/C23H24N2O2/c26-22-12-7-13-24-21(22)17-25-23(27)16-20(14-18-8-3-1-4-9-18)15-19-10-5-2-6-11-19/h1-13,20,26H,14-17H2,(H,25,27). The topological polar surface area (TPSA) is 62.2 Å². The maximum absolute atomic E-state index is 12.5. The van der Waals surface area contributed by atoms with Crippen LogP contribution in [-0.4, -0.2) is 16.0 Å². The molecule has 4 nitrogen and oxygen atoms in total. The van der Waals surface area contributed by atoms with Gasteiger partial charge in [-0.3, -0.25) is 9.78 Å². The fourth-order valence-corrected chi connectivity index (χ4v) is 3.19. The van der Waals surface area contributed by atoms with E-state index in [1.165, 1.54) is 11.1 Å². The lowest BCUT2D eigenvalue weighted by Crippen LogP contribution is -2.27. The van der Waals surface area contributed by atoms with E-state index in [0.29, 0.717) is 12.1 Å². The molecule has 0 unspecified atom stereocenters. The predicted molar refractivity (Wildman–Crippen MR) is 106 cm³/mol. The highest BCUT2D eigenvalue weighted by molar-refractivity contribution is 5.76. The van der Waals surface area contributed by atoms with E-state index in [-0.39, 0.29) is 24.1 Å². The third-order valence-electron chi connectivity index (χ3n) is 4.53. The highest BCUT2D eigenvalue weighted by atomic mass is 16.3. The van der Waals surface area contributed by atoms with Gasteiger partial charge in [0.2, 0.25) is 5.91 Å². The lowest BCUT2D eigenvalue weighted by atomic mass is 9.89. The molecule has 27 heavy (non-hydrogen) atoms. The summed E-state index contributed by atoms with van der Waals surface area (Å²) in [5, 5.41) is 12.7. The van der Waals surface area contributed by atoms with E-state index in [0.717, 1.165) is 12.8 Å². The van der Waals surface area contributed by atoms with Gasteiger partial charge >= 0.3 is 0 Å². The smallest absolute Gasteiger partial charge is 0.220 e. The first-order valence-corrected chi connectivity index (χ1v) is 9.18. The van der Waals surface area contributed by atoms with Crippen LogP contribution < -0.4 is 5.32 Å². The third-order valence-corrected chi connectivity index (χ3v) is 4.53. The molecule has 0 radical (unpaired) electrons. The Morgan fingerprint density at radius 3 is 2.04 bits per heavy atom. The molecule has 0 spiro atoms. The number of hydrogen-bond acceptors (Lipinski definition) is 3. The quantitative estimate of drug-likeness (QED) is 0.640. The molecule has 0 saturated carbocycles. The van der Waals surface area contributed by atoms with Crippen LogP contribution >= 0.6 is 0 Å². The van der Waals surface area contributed by atoms with Gasteiger partial charge < -0.3 is 10.4 Å². The molecule has 3 rings (SSSR count). The summed E-state index contributed by atoms with van der Waals surface area (Å²) in [5.74, 6) is 0.270. The highest BCUT2D eigenvalue weighted by Crippen LogP contribution is 2.19. The molecule has 0 atom stereocenters. The SMILES string of the molecule is O=C(CC(Cc1ccccc1)Cc1ccccc1)NCc1ncccc1O. The fraction of sp³-hybridized carbons (Fsp3) is 0.217. The normalized spacial score (nSPS) is 10.7. The molecule has 0 bridgehead atoms. The molecule has 1 amide bonds. The van der Waals surface area contributed by atoms with Gasteiger partial charge in [-0.2, -0.15) is 0 Å². The van der Waals surface area contributed by atoms with Gasteiger partial charge in [0, 0.05) is 12.6 Å². The molecule has 1 heterocycles. The van der Waals surface area contributed by atoms with Crippen molar-refractivity contribution in [3.05, 3.63) is 95.8 Å². The van der Waals surface area contributed by atoms with Crippen LogP contribution in [0.2, 0.25) is 0 Å².